The second-order valence-corrected chi connectivity index (χ2v) is 8.94. The van der Waals surface area contributed by atoms with Crippen LogP contribution >= 0.6 is 0 Å². The van der Waals surface area contributed by atoms with Crippen LogP contribution in [0, 0.1) is 0 Å². The quantitative estimate of drug-likeness (QED) is 0.172. The van der Waals surface area contributed by atoms with Gasteiger partial charge in [-0.1, -0.05) is 144 Å². The van der Waals surface area contributed by atoms with Gasteiger partial charge in [-0.25, -0.2) is 0 Å². The Hall–Kier alpha value is -1.86. The summed E-state index contributed by atoms with van der Waals surface area (Å²) in [6.45, 7) is 5.31. The zero-order chi connectivity index (χ0) is 21.8. The third kappa shape index (κ3) is 13.2. The lowest BCUT2D eigenvalue weighted by molar-refractivity contribution is 0.285. The molecule has 2 aromatic rings. The first-order valence-corrected chi connectivity index (χ1v) is 12.8. The van der Waals surface area contributed by atoms with E-state index in [1.807, 2.05) is 0 Å². The molecule has 1 heteroatoms. The molecule has 2 rings (SSSR count). The third-order valence-electron chi connectivity index (χ3n) is 6.00. The first kappa shape index (κ1) is 25.4. The normalized spacial score (nSPS) is 11.5. The fraction of sp³-hybridized carbons (Fsp3) is 0.533. The summed E-state index contributed by atoms with van der Waals surface area (Å²) in [7, 11) is 0. The maximum atomic E-state index is 2.53. The highest BCUT2D eigenvalue weighted by atomic mass is 15.1. The van der Waals surface area contributed by atoms with Crippen molar-refractivity contribution in [2.45, 2.75) is 97.1 Å². The van der Waals surface area contributed by atoms with E-state index >= 15 is 0 Å². The molecule has 0 fully saturated rings. The lowest BCUT2D eigenvalue weighted by atomic mass is 10.1. The Labute approximate surface area is 192 Å². The Morgan fingerprint density at radius 2 is 1.00 bits per heavy atom. The summed E-state index contributed by atoms with van der Waals surface area (Å²) < 4.78 is 0. The summed E-state index contributed by atoms with van der Waals surface area (Å²) in [4.78, 5) is 2.53. The molecule has 31 heavy (non-hydrogen) atoms. The number of hydrogen-bond acceptors (Lipinski definition) is 1. The van der Waals surface area contributed by atoms with E-state index in [0.717, 1.165) is 19.6 Å². The maximum Gasteiger partial charge on any atom is 0.0240 e. The van der Waals surface area contributed by atoms with Crippen LogP contribution in [0.3, 0.4) is 0 Å². The van der Waals surface area contributed by atoms with Gasteiger partial charge in [0, 0.05) is 19.6 Å². The Balaban J connectivity index is 1.58. The maximum absolute atomic E-state index is 2.53. The molecule has 0 spiro atoms. The summed E-state index contributed by atoms with van der Waals surface area (Å²) in [5.74, 6) is 0. The van der Waals surface area contributed by atoms with Crippen molar-refractivity contribution in [3.05, 3.63) is 83.9 Å². The van der Waals surface area contributed by atoms with Gasteiger partial charge in [0.15, 0.2) is 0 Å². The molecular formula is C30H45N. The Bertz CT molecular complexity index is 620. The zero-order valence-corrected chi connectivity index (χ0v) is 20.0. The summed E-state index contributed by atoms with van der Waals surface area (Å²) in [6.07, 6.45) is 21.6. The molecule has 0 saturated heterocycles. The standard InChI is InChI=1S/C30H45N/c1-2-3-4-5-6-7-8-9-10-11-12-13-14-21-26-31(27-29-22-17-15-18-23-29)28-30-24-19-16-20-25-30/h14-25H,2-13,26-28H2,1H3/b21-14-. The van der Waals surface area contributed by atoms with Crippen molar-refractivity contribution < 1.29 is 0 Å². The molecule has 0 amide bonds. The fourth-order valence-corrected chi connectivity index (χ4v) is 4.14. The molecule has 1 nitrogen and oxygen atoms in total. The molecular weight excluding hydrogens is 374 g/mol. The molecule has 0 heterocycles. The van der Waals surface area contributed by atoms with Crippen LogP contribution in [0.25, 0.3) is 0 Å². The topological polar surface area (TPSA) is 3.24 Å². The van der Waals surface area contributed by atoms with Gasteiger partial charge in [-0.05, 0) is 24.0 Å². The monoisotopic (exact) mass is 419 g/mol. The smallest absolute Gasteiger partial charge is 0.0240 e. The van der Waals surface area contributed by atoms with Crippen LogP contribution < -0.4 is 0 Å². The molecule has 0 aliphatic carbocycles. The minimum Gasteiger partial charge on any atom is -0.291 e. The van der Waals surface area contributed by atoms with Crippen LogP contribution in [0.15, 0.2) is 72.8 Å². The van der Waals surface area contributed by atoms with Crippen molar-refractivity contribution in [3.63, 3.8) is 0 Å². The minimum absolute atomic E-state index is 0.999. The van der Waals surface area contributed by atoms with E-state index in [-0.39, 0.29) is 0 Å². The number of unbranched alkanes of at least 4 members (excludes halogenated alkanes) is 11. The van der Waals surface area contributed by atoms with Crippen molar-refractivity contribution in [2.24, 2.45) is 0 Å². The summed E-state index contributed by atoms with van der Waals surface area (Å²) in [5.41, 5.74) is 2.77. The van der Waals surface area contributed by atoms with E-state index in [1.54, 1.807) is 0 Å². The summed E-state index contributed by atoms with van der Waals surface area (Å²) in [5, 5.41) is 0. The predicted octanol–water partition coefficient (Wildman–Crippen LogP) is 8.95. The van der Waals surface area contributed by atoms with E-state index < -0.39 is 0 Å². The highest BCUT2D eigenvalue weighted by Crippen LogP contribution is 2.13. The zero-order valence-electron chi connectivity index (χ0n) is 20.0. The van der Waals surface area contributed by atoms with Gasteiger partial charge in [0.2, 0.25) is 0 Å². The average molecular weight is 420 g/mol. The highest BCUT2D eigenvalue weighted by Gasteiger charge is 2.05. The first-order chi connectivity index (χ1) is 15.4. The minimum atomic E-state index is 0.999. The summed E-state index contributed by atoms with van der Waals surface area (Å²) in [6, 6.07) is 21.7. The van der Waals surface area contributed by atoms with E-state index in [2.05, 4.69) is 84.6 Å². The molecule has 0 aliphatic rings. The largest absolute Gasteiger partial charge is 0.291 e. The van der Waals surface area contributed by atoms with Crippen LogP contribution in [0.1, 0.15) is 95.1 Å². The van der Waals surface area contributed by atoms with E-state index in [1.165, 1.54) is 88.2 Å². The van der Waals surface area contributed by atoms with E-state index in [4.69, 9.17) is 0 Å². The SMILES string of the molecule is CCCCCCCCCCCCC/C=C\CN(Cc1ccccc1)Cc1ccccc1. The highest BCUT2D eigenvalue weighted by molar-refractivity contribution is 5.17. The second kappa shape index (κ2) is 17.8. The average Bonchev–Trinajstić information content (AvgIpc) is 2.80. The number of rotatable bonds is 18. The Kier molecular flexibility index (Phi) is 14.6. The van der Waals surface area contributed by atoms with Crippen LogP contribution in [-0.2, 0) is 13.1 Å². The van der Waals surface area contributed by atoms with Crippen LogP contribution in [0.2, 0.25) is 0 Å². The van der Waals surface area contributed by atoms with E-state index in [9.17, 15) is 0 Å². The van der Waals surface area contributed by atoms with Gasteiger partial charge in [0.05, 0.1) is 0 Å². The molecule has 0 radical (unpaired) electrons. The Morgan fingerprint density at radius 3 is 1.48 bits per heavy atom. The molecule has 0 unspecified atom stereocenters. The molecule has 0 saturated carbocycles. The number of benzene rings is 2. The first-order valence-electron chi connectivity index (χ1n) is 12.8. The van der Waals surface area contributed by atoms with Crippen LogP contribution in [-0.4, -0.2) is 11.4 Å². The molecule has 2 aromatic carbocycles. The van der Waals surface area contributed by atoms with Crippen molar-refractivity contribution in [3.8, 4) is 0 Å². The molecule has 0 bridgehead atoms. The lowest BCUT2D eigenvalue weighted by Gasteiger charge is -2.21. The van der Waals surface area contributed by atoms with Gasteiger partial charge >= 0.3 is 0 Å². The number of hydrogen-bond donors (Lipinski definition) is 0. The van der Waals surface area contributed by atoms with Gasteiger partial charge in [-0.15, -0.1) is 0 Å². The van der Waals surface area contributed by atoms with Crippen LogP contribution in [0.5, 0.6) is 0 Å². The number of allylic oxidation sites excluding steroid dienone is 1. The van der Waals surface area contributed by atoms with Gasteiger partial charge < -0.3 is 0 Å². The van der Waals surface area contributed by atoms with Gasteiger partial charge in [-0.3, -0.25) is 4.90 Å². The molecule has 0 aromatic heterocycles. The van der Waals surface area contributed by atoms with Crippen molar-refractivity contribution in [1.82, 2.24) is 4.90 Å². The Morgan fingerprint density at radius 1 is 0.548 bits per heavy atom. The van der Waals surface area contributed by atoms with Gasteiger partial charge in [-0.2, -0.15) is 0 Å². The number of nitrogens with zero attached hydrogens (tertiary/aromatic N) is 1. The molecule has 0 N–H and O–H groups in total. The second-order valence-electron chi connectivity index (χ2n) is 8.94. The predicted molar refractivity (Wildman–Crippen MR) is 137 cm³/mol. The third-order valence-corrected chi connectivity index (χ3v) is 6.00. The fourth-order valence-electron chi connectivity index (χ4n) is 4.14. The van der Waals surface area contributed by atoms with Gasteiger partial charge in [0.25, 0.3) is 0 Å². The lowest BCUT2D eigenvalue weighted by Crippen LogP contribution is -2.22. The summed E-state index contributed by atoms with van der Waals surface area (Å²) >= 11 is 0. The van der Waals surface area contributed by atoms with Crippen molar-refractivity contribution in [1.29, 1.82) is 0 Å². The van der Waals surface area contributed by atoms with Crippen LogP contribution in [0.4, 0.5) is 0 Å². The molecule has 0 atom stereocenters. The van der Waals surface area contributed by atoms with Crippen molar-refractivity contribution in [2.75, 3.05) is 6.54 Å². The molecule has 0 aliphatic heterocycles. The molecule has 170 valence electrons. The van der Waals surface area contributed by atoms with Crippen molar-refractivity contribution >= 4 is 0 Å². The van der Waals surface area contributed by atoms with Gasteiger partial charge in [0.1, 0.15) is 0 Å². The van der Waals surface area contributed by atoms with E-state index in [0.29, 0.717) is 0 Å².